The maximum Gasteiger partial charge on any atom is 0.321 e. The van der Waals surface area contributed by atoms with E-state index in [0.717, 1.165) is 0 Å². The molecule has 0 radical (unpaired) electrons. The van der Waals surface area contributed by atoms with Gasteiger partial charge in [-0.3, -0.25) is 9.69 Å². The maximum absolute atomic E-state index is 13.6. The van der Waals surface area contributed by atoms with Crippen LogP contribution in [0.25, 0.3) is 0 Å². The van der Waals surface area contributed by atoms with Crippen molar-refractivity contribution in [3.05, 3.63) is 34.6 Å². The lowest BCUT2D eigenvalue weighted by atomic mass is 10.1. The number of β-amino-alcohol motifs (C(OH)–C–C–N with tert-alkyl or cyclic N) is 1. The summed E-state index contributed by atoms with van der Waals surface area (Å²) >= 11 is 5.90. The Morgan fingerprint density at radius 2 is 2.28 bits per heavy atom. The van der Waals surface area contributed by atoms with Crippen LogP contribution in [0.5, 0.6) is 0 Å². The van der Waals surface area contributed by atoms with E-state index in [1.54, 1.807) is 6.07 Å². The number of aliphatic carboxylic acids is 1. The van der Waals surface area contributed by atoms with Gasteiger partial charge < -0.3 is 10.2 Å². The molecule has 0 aliphatic carbocycles. The summed E-state index contributed by atoms with van der Waals surface area (Å²) in [5.41, 5.74) is 0.263. The van der Waals surface area contributed by atoms with Gasteiger partial charge in [0, 0.05) is 30.1 Å². The largest absolute Gasteiger partial charge is 0.480 e. The summed E-state index contributed by atoms with van der Waals surface area (Å²) in [7, 11) is 0. The van der Waals surface area contributed by atoms with Gasteiger partial charge in [0.2, 0.25) is 0 Å². The number of rotatable bonds is 3. The molecule has 2 N–H and O–H groups in total. The monoisotopic (exact) mass is 273 g/mol. The Morgan fingerprint density at radius 1 is 1.56 bits per heavy atom. The average molecular weight is 274 g/mol. The van der Waals surface area contributed by atoms with Crippen molar-refractivity contribution in [2.24, 2.45) is 0 Å². The first kappa shape index (κ1) is 13.3. The van der Waals surface area contributed by atoms with E-state index >= 15 is 0 Å². The summed E-state index contributed by atoms with van der Waals surface area (Å²) in [5.74, 6) is -1.48. The Kier molecular flexibility index (Phi) is 3.85. The zero-order valence-electron chi connectivity index (χ0n) is 9.51. The van der Waals surface area contributed by atoms with Gasteiger partial charge in [-0.1, -0.05) is 17.7 Å². The van der Waals surface area contributed by atoms with E-state index in [1.165, 1.54) is 17.0 Å². The highest BCUT2D eigenvalue weighted by Crippen LogP contribution is 2.25. The van der Waals surface area contributed by atoms with Crippen LogP contribution < -0.4 is 0 Å². The minimum Gasteiger partial charge on any atom is -0.480 e. The second-order valence-electron chi connectivity index (χ2n) is 4.37. The van der Waals surface area contributed by atoms with E-state index < -0.39 is 23.9 Å². The van der Waals surface area contributed by atoms with Crippen molar-refractivity contribution in [3.8, 4) is 0 Å². The number of benzene rings is 1. The standard InChI is InChI=1S/C12H13ClFNO3/c13-9-2-1-3-10(14)8(9)6-15-5-7(16)4-11(15)12(17)18/h1-3,7,11,16H,4-6H2,(H,17,18). The van der Waals surface area contributed by atoms with Gasteiger partial charge in [-0.15, -0.1) is 0 Å². The van der Waals surface area contributed by atoms with Crippen molar-refractivity contribution in [2.45, 2.75) is 25.1 Å². The highest BCUT2D eigenvalue weighted by atomic mass is 35.5. The fraction of sp³-hybridized carbons (Fsp3) is 0.417. The first-order valence-electron chi connectivity index (χ1n) is 5.57. The molecular weight excluding hydrogens is 261 g/mol. The minimum absolute atomic E-state index is 0.0829. The molecule has 2 rings (SSSR count). The molecular formula is C12H13ClFNO3. The highest BCUT2D eigenvalue weighted by Gasteiger charge is 2.36. The Hall–Kier alpha value is -1.17. The number of halogens is 2. The van der Waals surface area contributed by atoms with E-state index in [0.29, 0.717) is 0 Å². The summed E-state index contributed by atoms with van der Waals surface area (Å²) in [6.07, 6.45) is -0.543. The number of aliphatic hydroxyl groups is 1. The topological polar surface area (TPSA) is 60.8 Å². The number of carboxylic acid groups (broad SMARTS) is 1. The van der Waals surface area contributed by atoms with Gasteiger partial charge >= 0.3 is 5.97 Å². The van der Waals surface area contributed by atoms with Crippen LogP contribution in [0, 0.1) is 5.82 Å². The van der Waals surface area contributed by atoms with Crippen LogP contribution in [0.1, 0.15) is 12.0 Å². The lowest BCUT2D eigenvalue weighted by molar-refractivity contribution is -0.142. The van der Waals surface area contributed by atoms with Crippen LogP contribution in [0.3, 0.4) is 0 Å². The zero-order valence-corrected chi connectivity index (χ0v) is 10.3. The van der Waals surface area contributed by atoms with Crippen molar-refractivity contribution < 1.29 is 19.4 Å². The number of likely N-dealkylation sites (tertiary alicyclic amines) is 1. The fourth-order valence-corrected chi connectivity index (χ4v) is 2.42. The highest BCUT2D eigenvalue weighted by molar-refractivity contribution is 6.31. The predicted octanol–water partition coefficient (Wildman–Crippen LogP) is 1.50. The number of aliphatic hydroxyl groups excluding tert-OH is 1. The van der Waals surface area contributed by atoms with E-state index in [1.807, 2.05) is 0 Å². The van der Waals surface area contributed by atoms with Gasteiger partial charge in [0.05, 0.1) is 6.10 Å². The number of carbonyl (C=O) groups is 1. The molecule has 1 heterocycles. The first-order valence-corrected chi connectivity index (χ1v) is 5.94. The molecule has 0 amide bonds. The van der Waals surface area contributed by atoms with Gasteiger partial charge in [-0.25, -0.2) is 4.39 Å². The van der Waals surface area contributed by atoms with Gasteiger partial charge in [0.15, 0.2) is 0 Å². The molecule has 1 aliphatic heterocycles. The lowest BCUT2D eigenvalue weighted by Crippen LogP contribution is -2.35. The SMILES string of the molecule is O=C(O)C1CC(O)CN1Cc1c(F)cccc1Cl. The molecule has 1 aliphatic rings. The second kappa shape index (κ2) is 5.22. The van der Waals surface area contributed by atoms with Crippen LogP contribution >= 0.6 is 11.6 Å². The molecule has 2 atom stereocenters. The Bertz CT molecular complexity index is 448. The second-order valence-corrected chi connectivity index (χ2v) is 4.78. The minimum atomic E-state index is -1.01. The van der Waals surface area contributed by atoms with Gasteiger partial charge in [0.1, 0.15) is 11.9 Å². The number of nitrogens with zero attached hydrogens (tertiary/aromatic N) is 1. The lowest BCUT2D eigenvalue weighted by Gasteiger charge is -2.21. The fourth-order valence-electron chi connectivity index (χ4n) is 2.20. The molecule has 1 aromatic carbocycles. The van der Waals surface area contributed by atoms with Crippen molar-refractivity contribution >= 4 is 17.6 Å². The number of carboxylic acids is 1. The maximum atomic E-state index is 13.6. The third-order valence-corrected chi connectivity index (χ3v) is 3.44. The van der Waals surface area contributed by atoms with Crippen LogP contribution in [0.4, 0.5) is 4.39 Å². The van der Waals surface area contributed by atoms with Gasteiger partial charge in [-0.2, -0.15) is 0 Å². The molecule has 0 spiro atoms. The quantitative estimate of drug-likeness (QED) is 0.876. The molecule has 1 aromatic rings. The predicted molar refractivity (Wildman–Crippen MR) is 63.9 cm³/mol. The number of hydrogen-bond donors (Lipinski definition) is 2. The van der Waals surface area contributed by atoms with Crippen molar-refractivity contribution in [2.75, 3.05) is 6.54 Å². The number of hydrogen-bond acceptors (Lipinski definition) is 3. The van der Waals surface area contributed by atoms with E-state index in [4.69, 9.17) is 16.7 Å². The molecule has 6 heteroatoms. The van der Waals surface area contributed by atoms with E-state index in [2.05, 4.69) is 0 Å². The van der Waals surface area contributed by atoms with Gasteiger partial charge in [-0.05, 0) is 12.1 Å². The summed E-state index contributed by atoms with van der Waals surface area (Å²) in [6.45, 7) is 0.293. The van der Waals surface area contributed by atoms with E-state index in [9.17, 15) is 14.3 Å². The van der Waals surface area contributed by atoms with E-state index in [-0.39, 0.29) is 30.1 Å². The smallest absolute Gasteiger partial charge is 0.321 e. The van der Waals surface area contributed by atoms with Crippen LogP contribution in [-0.4, -0.2) is 39.8 Å². The Balaban J connectivity index is 2.20. The Labute approximate surface area is 109 Å². The zero-order chi connectivity index (χ0) is 13.3. The van der Waals surface area contributed by atoms with Crippen molar-refractivity contribution in [1.82, 2.24) is 4.90 Å². The molecule has 18 heavy (non-hydrogen) atoms. The molecule has 1 fully saturated rings. The molecule has 2 unspecified atom stereocenters. The summed E-state index contributed by atoms with van der Waals surface area (Å²) < 4.78 is 13.6. The summed E-state index contributed by atoms with van der Waals surface area (Å²) in [6, 6.07) is 3.54. The molecule has 4 nitrogen and oxygen atoms in total. The average Bonchev–Trinajstić information content (AvgIpc) is 2.65. The Morgan fingerprint density at radius 3 is 2.89 bits per heavy atom. The molecule has 0 aromatic heterocycles. The molecule has 0 saturated carbocycles. The third-order valence-electron chi connectivity index (χ3n) is 3.09. The molecule has 1 saturated heterocycles. The summed E-state index contributed by atoms with van der Waals surface area (Å²) in [4.78, 5) is 12.6. The van der Waals surface area contributed by atoms with Crippen LogP contribution in [0.15, 0.2) is 18.2 Å². The van der Waals surface area contributed by atoms with Crippen molar-refractivity contribution in [3.63, 3.8) is 0 Å². The van der Waals surface area contributed by atoms with Gasteiger partial charge in [0.25, 0.3) is 0 Å². The summed E-state index contributed by atoms with van der Waals surface area (Å²) in [5, 5.41) is 18.8. The first-order chi connectivity index (χ1) is 8.49. The van der Waals surface area contributed by atoms with Crippen LogP contribution in [-0.2, 0) is 11.3 Å². The normalized spacial score (nSPS) is 24.4. The van der Waals surface area contributed by atoms with Crippen LogP contribution in [0.2, 0.25) is 5.02 Å². The molecule has 0 bridgehead atoms. The third kappa shape index (κ3) is 2.63. The van der Waals surface area contributed by atoms with Crippen molar-refractivity contribution in [1.29, 1.82) is 0 Å². The molecule has 98 valence electrons.